The maximum absolute atomic E-state index is 12.4. The van der Waals surface area contributed by atoms with Crippen LogP contribution < -0.4 is 5.32 Å². The fourth-order valence-electron chi connectivity index (χ4n) is 2.46. The summed E-state index contributed by atoms with van der Waals surface area (Å²) in [5, 5.41) is 7.75. The largest absolute Gasteiger partial charge is 0.321 e. The molecule has 0 bridgehead atoms. The molecule has 18 heavy (non-hydrogen) atoms. The van der Waals surface area contributed by atoms with Gasteiger partial charge in [-0.15, -0.1) is 0 Å². The van der Waals surface area contributed by atoms with E-state index in [0.29, 0.717) is 5.92 Å². The molecule has 0 aliphatic carbocycles. The number of hydrogen-bond donors (Lipinski definition) is 1. The lowest BCUT2D eigenvalue weighted by Gasteiger charge is -2.27. The van der Waals surface area contributed by atoms with Crippen molar-refractivity contribution in [3.05, 3.63) is 21.9 Å². The van der Waals surface area contributed by atoms with Crippen LogP contribution in [-0.2, 0) is 11.3 Å². The zero-order chi connectivity index (χ0) is 13.3. The molecule has 1 saturated heterocycles. The van der Waals surface area contributed by atoms with Gasteiger partial charge in [0.05, 0.1) is 12.2 Å². The monoisotopic (exact) mass is 266 g/mol. The Balaban J connectivity index is 2.18. The molecule has 1 aliphatic heterocycles. The summed E-state index contributed by atoms with van der Waals surface area (Å²) in [6, 6.07) is -0.00339. The third-order valence-electron chi connectivity index (χ3n) is 3.63. The molecule has 1 N–H and O–H groups in total. The number of amides is 1. The van der Waals surface area contributed by atoms with Crippen LogP contribution in [0.25, 0.3) is 0 Å². The van der Waals surface area contributed by atoms with Gasteiger partial charge in [0.2, 0.25) is 5.91 Å². The highest BCUT2D eigenvalue weighted by Gasteiger charge is 2.39. The smallest absolute Gasteiger partial charge is 0.241 e. The topological polar surface area (TPSA) is 32.3 Å². The summed E-state index contributed by atoms with van der Waals surface area (Å²) in [6.45, 7) is 9.24. The lowest BCUT2D eigenvalue weighted by Crippen LogP contribution is -2.41. The van der Waals surface area contributed by atoms with Crippen LogP contribution in [0.1, 0.15) is 38.3 Å². The first-order chi connectivity index (χ1) is 8.54. The van der Waals surface area contributed by atoms with Gasteiger partial charge in [0.25, 0.3) is 0 Å². The molecule has 1 aromatic heterocycles. The number of nitrogens with one attached hydrogen (secondary N) is 1. The number of aryl methyl sites for hydroxylation is 1. The molecule has 4 heteroatoms. The van der Waals surface area contributed by atoms with Gasteiger partial charge < -0.3 is 4.90 Å². The Labute approximate surface area is 113 Å². The van der Waals surface area contributed by atoms with E-state index in [1.165, 1.54) is 11.1 Å². The lowest BCUT2D eigenvalue weighted by molar-refractivity contribution is -0.131. The van der Waals surface area contributed by atoms with Crippen molar-refractivity contribution < 1.29 is 4.79 Å². The first-order valence-electron chi connectivity index (χ1n) is 6.62. The van der Waals surface area contributed by atoms with E-state index < -0.39 is 0 Å². The molecule has 1 aliphatic rings. The van der Waals surface area contributed by atoms with Crippen molar-refractivity contribution in [2.75, 3.05) is 0 Å². The van der Waals surface area contributed by atoms with Crippen molar-refractivity contribution in [2.45, 2.75) is 52.9 Å². The molecule has 2 atom stereocenters. The molecular weight excluding hydrogens is 244 g/mol. The number of carbonyl (C=O) groups excluding carboxylic acids is 1. The van der Waals surface area contributed by atoms with Crippen LogP contribution in [0.2, 0.25) is 0 Å². The van der Waals surface area contributed by atoms with Gasteiger partial charge in [0.15, 0.2) is 0 Å². The van der Waals surface area contributed by atoms with E-state index in [0.717, 1.165) is 13.0 Å². The Morgan fingerprint density at radius 2 is 2.17 bits per heavy atom. The summed E-state index contributed by atoms with van der Waals surface area (Å²) in [5.41, 5.74) is 2.56. The zero-order valence-electron chi connectivity index (χ0n) is 11.6. The van der Waals surface area contributed by atoms with Crippen LogP contribution >= 0.6 is 11.3 Å². The van der Waals surface area contributed by atoms with Gasteiger partial charge in [-0.2, -0.15) is 11.3 Å². The highest BCUT2D eigenvalue weighted by Crippen LogP contribution is 2.24. The minimum Gasteiger partial charge on any atom is -0.321 e. The molecular formula is C14H22N2OS. The van der Waals surface area contributed by atoms with Gasteiger partial charge in [-0.25, -0.2) is 0 Å². The number of rotatable bonds is 4. The molecule has 2 rings (SSSR count). The Morgan fingerprint density at radius 3 is 2.67 bits per heavy atom. The van der Waals surface area contributed by atoms with Crippen LogP contribution in [-0.4, -0.2) is 23.0 Å². The normalized spacial score (nSPS) is 24.3. The first-order valence-corrected chi connectivity index (χ1v) is 7.57. The number of hydrogen-bond acceptors (Lipinski definition) is 3. The molecule has 100 valence electrons. The van der Waals surface area contributed by atoms with E-state index in [1.54, 1.807) is 11.3 Å². The second-order valence-corrected chi connectivity index (χ2v) is 6.11. The van der Waals surface area contributed by atoms with E-state index >= 15 is 0 Å². The van der Waals surface area contributed by atoms with Gasteiger partial charge in [-0.05, 0) is 41.1 Å². The molecule has 0 aromatic carbocycles. The highest BCUT2D eigenvalue weighted by atomic mass is 32.1. The van der Waals surface area contributed by atoms with E-state index in [-0.39, 0.29) is 18.1 Å². The highest BCUT2D eigenvalue weighted by molar-refractivity contribution is 7.08. The predicted molar refractivity (Wildman–Crippen MR) is 75.4 cm³/mol. The summed E-state index contributed by atoms with van der Waals surface area (Å²) in [5.74, 6) is 0.686. The molecule has 1 fully saturated rings. The molecule has 0 radical (unpaired) electrons. The molecule has 2 heterocycles. The van der Waals surface area contributed by atoms with Crippen LogP contribution in [0.5, 0.6) is 0 Å². The van der Waals surface area contributed by atoms with Crippen LogP contribution in [0.4, 0.5) is 0 Å². The summed E-state index contributed by atoms with van der Waals surface area (Å²) in [4.78, 5) is 14.4. The van der Waals surface area contributed by atoms with Crippen molar-refractivity contribution in [3.8, 4) is 0 Å². The molecule has 1 aromatic rings. The summed E-state index contributed by atoms with van der Waals surface area (Å²) in [6.07, 6.45) is 1.03. The van der Waals surface area contributed by atoms with Crippen LogP contribution in [0.15, 0.2) is 10.8 Å². The van der Waals surface area contributed by atoms with Crippen molar-refractivity contribution in [2.24, 2.45) is 5.92 Å². The average molecular weight is 266 g/mol. The Morgan fingerprint density at radius 1 is 1.44 bits per heavy atom. The molecule has 0 spiro atoms. The second-order valence-electron chi connectivity index (χ2n) is 5.36. The predicted octanol–water partition coefficient (Wildman–Crippen LogP) is 2.75. The minimum atomic E-state index is -0.00339. The van der Waals surface area contributed by atoms with E-state index in [9.17, 15) is 4.79 Å². The summed E-state index contributed by atoms with van der Waals surface area (Å²) in [7, 11) is 0. The van der Waals surface area contributed by atoms with E-state index in [1.807, 2.05) is 4.90 Å². The zero-order valence-corrected chi connectivity index (χ0v) is 12.4. The van der Waals surface area contributed by atoms with Crippen LogP contribution in [0.3, 0.4) is 0 Å². The maximum atomic E-state index is 12.4. The lowest BCUT2D eigenvalue weighted by atomic mass is 10.1. The maximum Gasteiger partial charge on any atom is 0.241 e. The molecule has 2 unspecified atom stereocenters. The van der Waals surface area contributed by atoms with E-state index in [4.69, 9.17) is 0 Å². The van der Waals surface area contributed by atoms with Crippen molar-refractivity contribution in [1.29, 1.82) is 0 Å². The molecule has 3 nitrogen and oxygen atoms in total. The van der Waals surface area contributed by atoms with Gasteiger partial charge >= 0.3 is 0 Å². The van der Waals surface area contributed by atoms with E-state index in [2.05, 4.69) is 43.8 Å². The summed E-state index contributed by atoms with van der Waals surface area (Å²) >= 11 is 1.71. The SMILES string of the molecule is CCC1NC(C(C)C)N(Cc2cscc2C)C1=O. The number of nitrogens with zero attached hydrogens (tertiary/aromatic N) is 1. The molecule has 1 amide bonds. The summed E-state index contributed by atoms with van der Waals surface area (Å²) < 4.78 is 0. The minimum absolute atomic E-state index is 0.00339. The van der Waals surface area contributed by atoms with Crippen molar-refractivity contribution >= 4 is 17.2 Å². The third kappa shape index (κ3) is 2.45. The first kappa shape index (κ1) is 13.6. The Bertz CT molecular complexity index is 427. The quantitative estimate of drug-likeness (QED) is 0.909. The Hall–Kier alpha value is -0.870. The van der Waals surface area contributed by atoms with Gasteiger partial charge in [-0.1, -0.05) is 20.8 Å². The number of carbonyl (C=O) groups is 1. The standard InChI is InChI=1S/C14H22N2OS/c1-5-12-14(17)16(13(15-12)9(2)3)6-11-8-18-7-10(11)4/h7-9,12-13,15H,5-6H2,1-4H3. The van der Waals surface area contributed by atoms with Crippen molar-refractivity contribution in [3.63, 3.8) is 0 Å². The number of thiophene rings is 1. The van der Waals surface area contributed by atoms with Crippen molar-refractivity contribution in [1.82, 2.24) is 10.2 Å². The van der Waals surface area contributed by atoms with Gasteiger partial charge in [-0.3, -0.25) is 10.1 Å². The van der Waals surface area contributed by atoms with Crippen LogP contribution in [0, 0.1) is 12.8 Å². The average Bonchev–Trinajstić information content (AvgIpc) is 2.86. The fourth-order valence-corrected chi connectivity index (χ4v) is 3.31. The molecule has 0 saturated carbocycles. The van der Waals surface area contributed by atoms with Gasteiger partial charge in [0, 0.05) is 6.54 Å². The fraction of sp³-hybridized carbons (Fsp3) is 0.643. The second kappa shape index (κ2) is 5.41. The van der Waals surface area contributed by atoms with Gasteiger partial charge in [0.1, 0.15) is 0 Å². The Kier molecular flexibility index (Phi) is 4.07. The third-order valence-corrected chi connectivity index (χ3v) is 4.54.